The van der Waals surface area contributed by atoms with Crippen LogP contribution in [0.2, 0.25) is 0 Å². The van der Waals surface area contributed by atoms with Gasteiger partial charge < -0.3 is 19.7 Å². The summed E-state index contributed by atoms with van der Waals surface area (Å²) in [5.74, 6) is 0.536. The first-order valence-corrected chi connectivity index (χ1v) is 7.69. The van der Waals surface area contributed by atoms with Crippen molar-refractivity contribution in [1.29, 1.82) is 0 Å². The van der Waals surface area contributed by atoms with Gasteiger partial charge in [-0.2, -0.15) is 0 Å². The van der Waals surface area contributed by atoms with Crippen LogP contribution >= 0.6 is 0 Å². The summed E-state index contributed by atoms with van der Waals surface area (Å²) in [5.41, 5.74) is 0. The molecule has 1 aliphatic heterocycles. The van der Waals surface area contributed by atoms with Crippen molar-refractivity contribution in [3.8, 4) is 5.75 Å². The Morgan fingerprint density at radius 2 is 1.91 bits per heavy atom. The lowest BCUT2D eigenvalue weighted by Gasteiger charge is -2.33. The first kappa shape index (κ1) is 14.7. The molecule has 1 N–H and O–H groups in total. The number of hydrogen-bond acceptors (Lipinski definition) is 4. The molecular weight excluding hydrogens is 284 g/mol. The van der Waals surface area contributed by atoms with E-state index in [1.165, 1.54) is 0 Å². The second-order valence-corrected chi connectivity index (χ2v) is 5.66. The molecule has 6 heteroatoms. The lowest BCUT2D eigenvalue weighted by atomic mass is 9.90. The maximum atomic E-state index is 11.9. The van der Waals surface area contributed by atoms with Gasteiger partial charge in [-0.25, -0.2) is 9.59 Å². The molecule has 2 fully saturated rings. The Balaban J connectivity index is 1.44. The van der Waals surface area contributed by atoms with E-state index < -0.39 is 6.09 Å². The summed E-state index contributed by atoms with van der Waals surface area (Å²) < 4.78 is 10.2. The van der Waals surface area contributed by atoms with Crippen molar-refractivity contribution in [3.63, 3.8) is 0 Å². The molecule has 2 amide bonds. The Labute approximate surface area is 129 Å². The van der Waals surface area contributed by atoms with Gasteiger partial charge in [0.05, 0.1) is 6.54 Å². The van der Waals surface area contributed by atoms with Crippen molar-refractivity contribution < 1.29 is 19.1 Å². The van der Waals surface area contributed by atoms with Gasteiger partial charge in [0.1, 0.15) is 12.4 Å². The van der Waals surface area contributed by atoms with Gasteiger partial charge in [0.15, 0.2) is 0 Å². The minimum atomic E-state index is -0.421. The van der Waals surface area contributed by atoms with E-state index >= 15 is 0 Å². The monoisotopic (exact) mass is 304 g/mol. The van der Waals surface area contributed by atoms with Crippen LogP contribution < -0.4 is 10.1 Å². The molecular formula is C16H20N2O4. The lowest BCUT2D eigenvalue weighted by molar-refractivity contribution is 0.133. The molecule has 0 spiro atoms. The second-order valence-electron chi connectivity index (χ2n) is 5.66. The number of amides is 2. The van der Waals surface area contributed by atoms with Gasteiger partial charge in [0, 0.05) is 12.1 Å². The fraction of sp³-hybridized carbons (Fsp3) is 0.500. The third-order valence-corrected chi connectivity index (χ3v) is 4.21. The van der Waals surface area contributed by atoms with Gasteiger partial charge in [0.2, 0.25) is 0 Å². The summed E-state index contributed by atoms with van der Waals surface area (Å²) >= 11 is 0. The molecule has 2 aliphatic rings. The predicted octanol–water partition coefficient (Wildman–Crippen LogP) is 2.54. The molecule has 22 heavy (non-hydrogen) atoms. The van der Waals surface area contributed by atoms with Crippen molar-refractivity contribution >= 4 is 12.2 Å². The van der Waals surface area contributed by atoms with E-state index in [2.05, 4.69) is 5.32 Å². The molecule has 0 unspecified atom stereocenters. The molecule has 0 radical (unpaired) electrons. The van der Waals surface area contributed by atoms with Crippen molar-refractivity contribution in [3.05, 3.63) is 30.3 Å². The van der Waals surface area contributed by atoms with Crippen LogP contribution in [0.5, 0.6) is 5.75 Å². The number of cyclic esters (lactones) is 1. The number of nitrogens with one attached hydrogen (secondary N) is 1. The van der Waals surface area contributed by atoms with Crippen molar-refractivity contribution in [2.75, 3.05) is 13.2 Å². The number of para-hydroxylation sites is 1. The summed E-state index contributed by atoms with van der Waals surface area (Å²) in [5, 5.41) is 2.89. The summed E-state index contributed by atoms with van der Waals surface area (Å²) in [6, 6.07) is 9.34. The number of nitrogens with zero attached hydrogens (tertiary/aromatic N) is 1. The predicted molar refractivity (Wildman–Crippen MR) is 79.7 cm³/mol. The van der Waals surface area contributed by atoms with Crippen LogP contribution in [0, 0.1) is 0 Å². The van der Waals surface area contributed by atoms with E-state index in [4.69, 9.17) is 9.47 Å². The number of hydrogen-bond donors (Lipinski definition) is 1. The summed E-state index contributed by atoms with van der Waals surface area (Å²) in [7, 11) is 0. The van der Waals surface area contributed by atoms with Crippen LogP contribution in [0.1, 0.15) is 25.7 Å². The Hall–Kier alpha value is -2.24. The third-order valence-electron chi connectivity index (χ3n) is 4.21. The zero-order valence-corrected chi connectivity index (χ0v) is 12.4. The molecule has 1 aromatic rings. The molecule has 0 aromatic heterocycles. The van der Waals surface area contributed by atoms with Gasteiger partial charge in [-0.3, -0.25) is 0 Å². The summed E-state index contributed by atoms with van der Waals surface area (Å²) in [6.07, 6.45) is 2.82. The molecule has 1 aliphatic carbocycles. The first-order chi connectivity index (χ1) is 10.7. The molecule has 6 nitrogen and oxygen atoms in total. The minimum absolute atomic E-state index is 0.103. The average molecular weight is 304 g/mol. The second kappa shape index (κ2) is 6.68. The van der Waals surface area contributed by atoms with Crippen LogP contribution in [0.4, 0.5) is 9.59 Å². The number of carbonyl (C=O) groups excluding carboxylic acids is 2. The van der Waals surface area contributed by atoms with Crippen LogP contribution in [-0.2, 0) is 4.74 Å². The van der Waals surface area contributed by atoms with Gasteiger partial charge in [0.25, 0.3) is 0 Å². The minimum Gasteiger partial charge on any atom is -0.448 e. The lowest BCUT2D eigenvalue weighted by Crippen LogP contribution is -2.45. The fourth-order valence-corrected chi connectivity index (χ4v) is 3.06. The highest BCUT2D eigenvalue weighted by Crippen LogP contribution is 2.25. The standard InChI is InChI=1S/C16H20N2O4/c19-15(22-14-4-2-1-3-5-14)17-12-6-8-13(9-7-12)18-10-11-21-16(18)20/h1-5,12-13H,6-11H2,(H,17,19). The number of carbonyl (C=O) groups is 2. The zero-order valence-electron chi connectivity index (χ0n) is 12.4. The summed E-state index contributed by atoms with van der Waals surface area (Å²) in [6.45, 7) is 1.16. The van der Waals surface area contributed by atoms with Crippen LogP contribution in [0.3, 0.4) is 0 Å². The molecule has 1 heterocycles. The molecule has 0 bridgehead atoms. The van der Waals surface area contributed by atoms with Gasteiger partial charge >= 0.3 is 12.2 Å². The Morgan fingerprint density at radius 3 is 2.55 bits per heavy atom. The van der Waals surface area contributed by atoms with Crippen molar-refractivity contribution in [2.45, 2.75) is 37.8 Å². The summed E-state index contributed by atoms with van der Waals surface area (Å²) in [4.78, 5) is 25.2. The Bertz CT molecular complexity index is 526. The highest BCUT2D eigenvalue weighted by Gasteiger charge is 2.33. The molecule has 0 atom stereocenters. The van der Waals surface area contributed by atoms with Crippen LogP contribution in [0.25, 0.3) is 0 Å². The van der Waals surface area contributed by atoms with Crippen molar-refractivity contribution in [2.24, 2.45) is 0 Å². The smallest absolute Gasteiger partial charge is 0.412 e. The fourth-order valence-electron chi connectivity index (χ4n) is 3.06. The largest absolute Gasteiger partial charge is 0.448 e. The highest BCUT2D eigenvalue weighted by molar-refractivity contribution is 5.71. The maximum absolute atomic E-state index is 11.9. The first-order valence-electron chi connectivity index (χ1n) is 7.69. The van der Waals surface area contributed by atoms with E-state index in [0.717, 1.165) is 25.7 Å². The number of rotatable bonds is 3. The molecule has 3 rings (SSSR count). The van der Waals surface area contributed by atoms with Gasteiger partial charge in [-0.15, -0.1) is 0 Å². The van der Waals surface area contributed by atoms with E-state index in [0.29, 0.717) is 18.9 Å². The van der Waals surface area contributed by atoms with Gasteiger partial charge in [-0.05, 0) is 37.8 Å². The molecule has 1 saturated heterocycles. The number of ether oxygens (including phenoxy) is 2. The van der Waals surface area contributed by atoms with E-state index in [1.807, 2.05) is 18.2 Å². The normalized spacial score (nSPS) is 24.7. The molecule has 118 valence electrons. The molecule has 1 saturated carbocycles. The van der Waals surface area contributed by atoms with E-state index in [9.17, 15) is 9.59 Å². The van der Waals surface area contributed by atoms with Gasteiger partial charge in [-0.1, -0.05) is 18.2 Å². The van der Waals surface area contributed by atoms with Crippen LogP contribution in [-0.4, -0.2) is 42.3 Å². The Morgan fingerprint density at radius 1 is 1.18 bits per heavy atom. The van der Waals surface area contributed by atoms with E-state index in [1.54, 1.807) is 17.0 Å². The average Bonchev–Trinajstić information content (AvgIpc) is 2.95. The number of benzene rings is 1. The highest BCUT2D eigenvalue weighted by atomic mass is 16.6. The quantitative estimate of drug-likeness (QED) is 0.932. The SMILES string of the molecule is O=C(NC1CCC(N2CCOC2=O)CC1)Oc1ccccc1. The maximum Gasteiger partial charge on any atom is 0.412 e. The molecule has 1 aromatic carbocycles. The Kier molecular flexibility index (Phi) is 4.46. The zero-order chi connectivity index (χ0) is 15.4. The van der Waals surface area contributed by atoms with Crippen LogP contribution in [0.15, 0.2) is 30.3 Å². The van der Waals surface area contributed by atoms with E-state index in [-0.39, 0.29) is 18.2 Å². The topological polar surface area (TPSA) is 67.9 Å². The van der Waals surface area contributed by atoms with Crippen molar-refractivity contribution in [1.82, 2.24) is 10.2 Å². The third kappa shape index (κ3) is 3.50.